The fourth-order valence-electron chi connectivity index (χ4n) is 1.94. The Bertz CT molecular complexity index is 466. The molecule has 6 heteroatoms. The van der Waals surface area contributed by atoms with Crippen LogP contribution < -0.4 is 10.1 Å². The van der Waals surface area contributed by atoms with Crippen LogP contribution in [-0.2, 0) is 11.3 Å². The minimum atomic E-state index is -0.0109. The fourth-order valence-corrected chi connectivity index (χ4v) is 2.43. The van der Waals surface area contributed by atoms with Crippen LogP contribution in [0.2, 0.25) is 0 Å². The average Bonchev–Trinajstić information content (AvgIpc) is 2.42. The zero-order chi connectivity index (χ0) is 15.1. The van der Waals surface area contributed by atoms with Crippen LogP contribution in [0.25, 0.3) is 0 Å². The van der Waals surface area contributed by atoms with Gasteiger partial charge in [-0.05, 0) is 46.6 Å². The van der Waals surface area contributed by atoms with Crippen molar-refractivity contribution in [1.82, 2.24) is 10.2 Å². The molecule has 0 unspecified atom stereocenters. The average molecular weight is 345 g/mol. The molecule has 0 aliphatic carbocycles. The summed E-state index contributed by atoms with van der Waals surface area (Å²) in [4.78, 5) is 13.6. The van der Waals surface area contributed by atoms with Gasteiger partial charge in [0.15, 0.2) is 11.5 Å². The number of aromatic hydroxyl groups is 1. The number of hydrogen-bond acceptors (Lipinski definition) is 4. The van der Waals surface area contributed by atoms with Crippen molar-refractivity contribution in [2.24, 2.45) is 0 Å². The summed E-state index contributed by atoms with van der Waals surface area (Å²) in [5, 5.41) is 12.4. The van der Waals surface area contributed by atoms with E-state index in [0.717, 1.165) is 18.5 Å². The van der Waals surface area contributed by atoms with E-state index < -0.39 is 0 Å². The third-order valence-electron chi connectivity index (χ3n) is 2.90. The van der Waals surface area contributed by atoms with Gasteiger partial charge >= 0.3 is 0 Å². The van der Waals surface area contributed by atoms with E-state index in [4.69, 9.17) is 4.74 Å². The summed E-state index contributed by atoms with van der Waals surface area (Å²) in [5.41, 5.74) is 0.976. The second kappa shape index (κ2) is 8.11. The Kier molecular flexibility index (Phi) is 6.81. The van der Waals surface area contributed by atoms with Gasteiger partial charge in [0.2, 0.25) is 5.91 Å². The van der Waals surface area contributed by atoms with Crippen LogP contribution in [0.4, 0.5) is 0 Å². The molecule has 112 valence electrons. The number of amides is 1. The van der Waals surface area contributed by atoms with Gasteiger partial charge in [0.05, 0.1) is 18.1 Å². The number of carbonyl (C=O) groups is 1. The smallest absolute Gasteiger partial charge is 0.233 e. The Morgan fingerprint density at radius 1 is 1.50 bits per heavy atom. The molecule has 1 amide bonds. The summed E-state index contributed by atoms with van der Waals surface area (Å²) in [6.07, 6.45) is 0.966. The van der Waals surface area contributed by atoms with Crippen molar-refractivity contribution in [3.63, 3.8) is 0 Å². The summed E-state index contributed by atoms with van der Waals surface area (Å²) < 4.78 is 5.72. The monoisotopic (exact) mass is 344 g/mol. The van der Waals surface area contributed by atoms with Crippen LogP contribution >= 0.6 is 15.9 Å². The molecule has 1 aromatic rings. The lowest BCUT2D eigenvalue weighted by atomic mass is 10.2. The number of phenolic OH excluding ortho intramolecular Hbond substituents is 1. The Morgan fingerprint density at radius 2 is 2.20 bits per heavy atom. The van der Waals surface area contributed by atoms with Gasteiger partial charge in [-0.2, -0.15) is 0 Å². The number of likely N-dealkylation sites (N-methyl/N-ethyl adjacent to an activating group) is 1. The van der Waals surface area contributed by atoms with E-state index in [1.54, 1.807) is 13.1 Å². The number of methoxy groups -OCH3 is 1. The van der Waals surface area contributed by atoms with Gasteiger partial charge < -0.3 is 15.2 Å². The fraction of sp³-hybridized carbons (Fsp3) is 0.500. The van der Waals surface area contributed by atoms with Gasteiger partial charge in [-0.3, -0.25) is 9.69 Å². The first-order valence-electron chi connectivity index (χ1n) is 6.50. The molecule has 0 spiro atoms. The van der Waals surface area contributed by atoms with Gasteiger partial charge in [0.25, 0.3) is 0 Å². The minimum Gasteiger partial charge on any atom is -0.503 e. The molecule has 0 aliphatic rings. The lowest BCUT2D eigenvalue weighted by Crippen LogP contribution is -2.35. The molecule has 0 fully saturated rings. The molecule has 0 saturated carbocycles. The number of halogens is 1. The zero-order valence-corrected chi connectivity index (χ0v) is 13.7. The molecular weight excluding hydrogens is 324 g/mol. The topological polar surface area (TPSA) is 61.8 Å². The number of benzene rings is 1. The quantitative estimate of drug-likeness (QED) is 0.795. The maximum atomic E-state index is 11.5. The van der Waals surface area contributed by atoms with Crippen molar-refractivity contribution in [3.8, 4) is 11.5 Å². The molecule has 1 aromatic carbocycles. The molecule has 0 heterocycles. The number of phenols is 1. The van der Waals surface area contributed by atoms with Crippen molar-refractivity contribution in [3.05, 3.63) is 22.2 Å². The highest BCUT2D eigenvalue weighted by atomic mass is 79.9. The maximum Gasteiger partial charge on any atom is 0.233 e. The third-order valence-corrected chi connectivity index (χ3v) is 3.50. The normalized spacial score (nSPS) is 10.7. The number of carbonyl (C=O) groups excluding carboxylic acids is 1. The minimum absolute atomic E-state index is 0.0109. The number of ether oxygens (including phenoxy) is 1. The largest absolute Gasteiger partial charge is 0.503 e. The van der Waals surface area contributed by atoms with Gasteiger partial charge in [0.1, 0.15) is 0 Å². The summed E-state index contributed by atoms with van der Waals surface area (Å²) in [7, 11) is 3.15. The van der Waals surface area contributed by atoms with Crippen LogP contribution in [0.1, 0.15) is 18.9 Å². The predicted octanol–water partition coefficient (Wildman–Crippen LogP) is 2.12. The number of nitrogens with zero attached hydrogens (tertiary/aromatic N) is 1. The molecule has 0 atom stereocenters. The van der Waals surface area contributed by atoms with E-state index in [0.29, 0.717) is 23.3 Å². The molecule has 0 saturated heterocycles. The van der Waals surface area contributed by atoms with Crippen LogP contribution in [0.5, 0.6) is 11.5 Å². The van der Waals surface area contributed by atoms with E-state index in [1.165, 1.54) is 7.11 Å². The van der Waals surface area contributed by atoms with E-state index in [-0.39, 0.29) is 11.7 Å². The molecule has 5 nitrogen and oxygen atoms in total. The first kappa shape index (κ1) is 16.8. The highest BCUT2D eigenvalue weighted by molar-refractivity contribution is 9.10. The Balaban J connectivity index is 2.87. The lowest BCUT2D eigenvalue weighted by Gasteiger charge is -2.21. The van der Waals surface area contributed by atoms with Crippen molar-refractivity contribution in [2.75, 3.05) is 27.2 Å². The second-order valence-electron chi connectivity index (χ2n) is 4.51. The van der Waals surface area contributed by atoms with Crippen LogP contribution in [0, 0.1) is 0 Å². The molecule has 0 aliphatic heterocycles. The summed E-state index contributed by atoms with van der Waals surface area (Å²) >= 11 is 3.30. The number of hydrogen-bond donors (Lipinski definition) is 2. The van der Waals surface area contributed by atoms with Crippen molar-refractivity contribution >= 4 is 21.8 Å². The highest BCUT2D eigenvalue weighted by Crippen LogP contribution is 2.35. The summed E-state index contributed by atoms with van der Waals surface area (Å²) in [6, 6.07) is 3.62. The molecule has 0 aromatic heterocycles. The van der Waals surface area contributed by atoms with Crippen LogP contribution in [0.3, 0.4) is 0 Å². The summed E-state index contributed by atoms with van der Waals surface area (Å²) in [6.45, 7) is 3.88. The predicted molar refractivity (Wildman–Crippen MR) is 82.0 cm³/mol. The Hall–Kier alpha value is -1.27. The lowest BCUT2D eigenvalue weighted by molar-refractivity contribution is -0.121. The van der Waals surface area contributed by atoms with Crippen molar-refractivity contribution < 1.29 is 14.6 Å². The molecule has 20 heavy (non-hydrogen) atoms. The Morgan fingerprint density at radius 3 is 2.75 bits per heavy atom. The summed E-state index contributed by atoms with van der Waals surface area (Å²) in [5.74, 6) is 0.499. The SMILES string of the molecule is CCCN(CC(=O)NC)Cc1cc(Br)c(O)c(OC)c1. The Labute approximate surface area is 128 Å². The first-order chi connectivity index (χ1) is 9.51. The molecule has 0 radical (unpaired) electrons. The van der Waals surface area contributed by atoms with Gasteiger partial charge in [-0.15, -0.1) is 0 Å². The second-order valence-corrected chi connectivity index (χ2v) is 5.37. The number of rotatable bonds is 7. The van der Waals surface area contributed by atoms with E-state index >= 15 is 0 Å². The highest BCUT2D eigenvalue weighted by Gasteiger charge is 2.13. The molecule has 1 rings (SSSR count). The molecule has 0 bridgehead atoms. The van der Waals surface area contributed by atoms with Gasteiger partial charge in [-0.1, -0.05) is 6.92 Å². The van der Waals surface area contributed by atoms with E-state index in [9.17, 15) is 9.90 Å². The van der Waals surface area contributed by atoms with E-state index in [2.05, 4.69) is 33.1 Å². The molecular formula is C14H21BrN2O3. The maximum absolute atomic E-state index is 11.5. The van der Waals surface area contributed by atoms with E-state index in [1.807, 2.05) is 6.07 Å². The van der Waals surface area contributed by atoms with Gasteiger partial charge in [-0.25, -0.2) is 0 Å². The van der Waals surface area contributed by atoms with Crippen LogP contribution in [-0.4, -0.2) is 43.2 Å². The number of nitrogens with one attached hydrogen (secondary N) is 1. The third kappa shape index (κ3) is 4.68. The van der Waals surface area contributed by atoms with Crippen molar-refractivity contribution in [2.45, 2.75) is 19.9 Å². The standard InChI is InChI=1S/C14H21BrN2O3/c1-4-5-17(9-13(18)16-2)8-10-6-11(15)14(19)12(7-10)20-3/h6-7,19H,4-5,8-9H2,1-3H3,(H,16,18). The van der Waals surface area contributed by atoms with Crippen LogP contribution in [0.15, 0.2) is 16.6 Å². The van der Waals surface area contributed by atoms with Gasteiger partial charge in [0, 0.05) is 13.6 Å². The molecule has 2 N–H and O–H groups in total. The zero-order valence-electron chi connectivity index (χ0n) is 12.1. The first-order valence-corrected chi connectivity index (χ1v) is 7.29. The van der Waals surface area contributed by atoms with Crippen molar-refractivity contribution in [1.29, 1.82) is 0 Å².